The summed E-state index contributed by atoms with van der Waals surface area (Å²) in [5, 5.41) is 2.80. The number of hydrogen-bond acceptors (Lipinski definition) is 2. The van der Waals surface area contributed by atoms with Crippen LogP contribution in [0.1, 0.15) is 26.3 Å². The van der Waals surface area contributed by atoms with Gasteiger partial charge < -0.3 is 5.32 Å². The van der Waals surface area contributed by atoms with Gasteiger partial charge >= 0.3 is 6.03 Å². The van der Waals surface area contributed by atoms with Crippen LogP contribution in [0.15, 0.2) is 28.7 Å². The number of urea groups is 1. The SMILES string of the molecule is CC(C)CN1C(=O)N[C@@](C)(c2cccc(Br)c2)C1=O. The van der Waals surface area contributed by atoms with Crippen molar-refractivity contribution in [3.05, 3.63) is 34.3 Å². The third-order valence-corrected chi connectivity index (χ3v) is 3.72. The second kappa shape index (κ2) is 4.96. The molecule has 0 aromatic heterocycles. The van der Waals surface area contributed by atoms with Crippen molar-refractivity contribution in [1.82, 2.24) is 10.2 Å². The first-order valence-corrected chi connectivity index (χ1v) is 7.04. The van der Waals surface area contributed by atoms with Gasteiger partial charge in [-0.1, -0.05) is 41.9 Å². The summed E-state index contributed by atoms with van der Waals surface area (Å²) < 4.78 is 0.885. The van der Waals surface area contributed by atoms with Gasteiger partial charge in [-0.05, 0) is 30.5 Å². The number of nitrogens with one attached hydrogen (secondary N) is 1. The molecule has 1 atom stereocenters. The van der Waals surface area contributed by atoms with Crippen LogP contribution in [-0.2, 0) is 10.3 Å². The Balaban J connectivity index is 2.35. The van der Waals surface area contributed by atoms with E-state index in [0.717, 1.165) is 10.0 Å². The van der Waals surface area contributed by atoms with Gasteiger partial charge in [0.2, 0.25) is 0 Å². The van der Waals surface area contributed by atoms with Crippen molar-refractivity contribution in [3.8, 4) is 0 Å². The van der Waals surface area contributed by atoms with Crippen molar-refractivity contribution in [2.24, 2.45) is 5.92 Å². The maximum absolute atomic E-state index is 12.5. The minimum atomic E-state index is -0.976. The lowest BCUT2D eigenvalue weighted by Gasteiger charge is -2.23. The number of benzene rings is 1. The quantitative estimate of drug-likeness (QED) is 0.869. The Morgan fingerprint density at radius 1 is 1.37 bits per heavy atom. The van der Waals surface area contributed by atoms with Crippen LogP contribution in [-0.4, -0.2) is 23.4 Å². The van der Waals surface area contributed by atoms with Gasteiger partial charge in [0, 0.05) is 11.0 Å². The average Bonchev–Trinajstić information content (AvgIpc) is 2.54. The van der Waals surface area contributed by atoms with Crippen LogP contribution in [0.4, 0.5) is 4.79 Å². The highest BCUT2D eigenvalue weighted by Crippen LogP contribution is 2.30. The van der Waals surface area contributed by atoms with Crippen LogP contribution in [0, 0.1) is 5.92 Å². The molecule has 1 heterocycles. The Hall–Kier alpha value is -1.36. The van der Waals surface area contributed by atoms with Gasteiger partial charge in [-0.15, -0.1) is 0 Å². The fourth-order valence-electron chi connectivity index (χ4n) is 2.22. The number of carbonyl (C=O) groups excluding carboxylic acids is 2. The first-order valence-electron chi connectivity index (χ1n) is 6.24. The van der Waals surface area contributed by atoms with Crippen LogP contribution in [0.25, 0.3) is 0 Å². The fraction of sp³-hybridized carbons (Fsp3) is 0.429. The van der Waals surface area contributed by atoms with E-state index in [4.69, 9.17) is 0 Å². The molecule has 2 rings (SSSR count). The number of imide groups is 1. The summed E-state index contributed by atoms with van der Waals surface area (Å²) in [7, 11) is 0. The highest BCUT2D eigenvalue weighted by atomic mass is 79.9. The second-order valence-corrected chi connectivity index (χ2v) is 6.29. The highest BCUT2D eigenvalue weighted by molar-refractivity contribution is 9.10. The molecule has 1 aromatic carbocycles. The molecular weight excluding hydrogens is 308 g/mol. The number of carbonyl (C=O) groups is 2. The number of rotatable bonds is 3. The number of halogens is 1. The van der Waals surface area contributed by atoms with E-state index in [1.54, 1.807) is 6.92 Å². The molecule has 1 N–H and O–H groups in total. The van der Waals surface area contributed by atoms with E-state index in [2.05, 4.69) is 21.2 Å². The van der Waals surface area contributed by atoms with E-state index in [-0.39, 0.29) is 17.9 Å². The summed E-state index contributed by atoms with van der Waals surface area (Å²) in [6.45, 7) is 6.15. The number of amides is 3. The Labute approximate surface area is 121 Å². The molecule has 0 radical (unpaired) electrons. The van der Waals surface area contributed by atoms with Crippen LogP contribution in [0.5, 0.6) is 0 Å². The molecule has 1 aliphatic heterocycles. The van der Waals surface area contributed by atoms with E-state index < -0.39 is 5.54 Å². The summed E-state index contributed by atoms with van der Waals surface area (Å²) >= 11 is 3.39. The number of hydrogen-bond donors (Lipinski definition) is 1. The molecule has 1 aromatic rings. The zero-order valence-electron chi connectivity index (χ0n) is 11.2. The number of nitrogens with zero attached hydrogens (tertiary/aromatic N) is 1. The fourth-order valence-corrected chi connectivity index (χ4v) is 2.62. The lowest BCUT2D eigenvalue weighted by molar-refractivity contribution is -0.131. The molecule has 0 unspecified atom stereocenters. The van der Waals surface area contributed by atoms with Crippen molar-refractivity contribution >= 4 is 27.9 Å². The van der Waals surface area contributed by atoms with Crippen molar-refractivity contribution in [2.75, 3.05) is 6.54 Å². The second-order valence-electron chi connectivity index (χ2n) is 5.38. The van der Waals surface area contributed by atoms with E-state index in [9.17, 15) is 9.59 Å². The normalized spacial score (nSPS) is 23.1. The summed E-state index contributed by atoms with van der Waals surface area (Å²) in [4.78, 5) is 25.8. The predicted octanol–water partition coefficient (Wildman–Crippen LogP) is 2.87. The Morgan fingerprint density at radius 3 is 2.63 bits per heavy atom. The summed E-state index contributed by atoms with van der Waals surface area (Å²) in [5.74, 6) is 0.0591. The molecule has 0 aliphatic carbocycles. The van der Waals surface area contributed by atoms with Gasteiger partial charge in [-0.3, -0.25) is 9.69 Å². The van der Waals surface area contributed by atoms with E-state index in [1.807, 2.05) is 38.1 Å². The minimum Gasteiger partial charge on any atom is -0.319 e. The first kappa shape index (κ1) is 14.1. The Morgan fingerprint density at radius 2 is 2.05 bits per heavy atom. The van der Waals surface area contributed by atoms with Crippen molar-refractivity contribution in [2.45, 2.75) is 26.3 Å². The van der Waals surface area contributed by atoms with E-state index >= 15 is 0 Å². The molecule has 1 fully saturated rings. The summed E-state index contributed by atoms with van der Waals surface area (Å²) in [5.41, 5.74) is -0.193. The third kappa shape index (κ3) is 2.52. The molecular formula is C14H17BrN2O2. The Bertz CT molecular complexity index is 530. The van der Waals surface area contributed by atoms with Crippen molar-refractivity contribution < 1.29 is 9.59 Å². The predicted molar refractivity (Wildman–Crippen MR) is 76.6 cm³/mol. The maximum atomic E-state index is 12.5. The zero-order valence-corrected chi connectivity index (χ0v) is 12.8. The van der Waals surface area contributed by atoms with Crippen LogP contribution in [0.2, 0.25) is 0 Å². The van der Waals surface area contributed by atoms with Crippen LogP contribution >= 0.6 is 15.9 Å². The largest absolute Gasteiger partial charge is 0.325 e. The monoisotopic (exact) mass is 324 g/mol. The van der Waals surface area contributed by atoms with Gasteiger partial charge in [0.15, 0.2) is 0 Å². The molecule has 19 heavy (non-hydrogen) atoms. The maximum Gasteiger partial charge on any atom is 0.325 e. The zero-order chi connectivity index (χ0) is 14.2. The lowest BCUT2D eigenvalue weighted by atomic mass is 9.92. The Kier molecular flexibility index (Phi) is 3.67. The van der Waals surface area contributed by atoms with E-state index in [0.29, 0.717) is 6.54 Å². The first-order chi connectivity index (χ1) is 8.84. The topological polar surface area (TPSA) is 49.4 Å². The highest BCUT2D eigenvalue weighted by Gasteiger charge is 2.48. The van der Waals surface area contributed by atoms with Crippen LogP contribution < -0.4 is 5.32 Å². The summed E-state index contributed by atoms with van der Waals surface area (Å²) in [6, 6.07) is 7.13. The molecule has 4 nitrogen and oxygen atoms in total. The molecule has 3 amide bonds. The van der Waals surface area contributed by atoms with Crippen molar-refractivity contribution in [1.29, 1.82) is 0 Å². The molecule has 5 heteroatoms. The molecule has 0 saturated carbocycles. The molecule has 0 spiro atoms. The van der Waals surface area contributed by atoms with E-state index in [1.165, 1.54) is 4.90 Å². The van der Waals surface area contributed by atoms with Gasteiger partial charge in [-0.25, -0.2) is 4.79 Å². The molecule has 1 aliphatic rings. The van der Waals surface area contributed by atoms with Gasteiger partial charge in [-0.2, -0.15) is 0 Å². The molecule has 102 valence electrons. The third-order valence-electron chi connectivity index (χ3n) is 3.22. The van der Waals surface area contributed by atoms with Gasteiger partial charge in [0.25, 0.3) is 5.91 Å². The average molecular weight is 325 g/mol. The van der Waals surface area contributed by atoms with Gasteiger partial charge in [0.05, 0.1) is 0 Å². The molecule has 1 saturated heterocycles. The molecule has 0 bridgehead atoms. The summed E-state index contributed by atoms with van der Waals surface area (Å²) in [6.07, 6.45) is 0. The van der Waals surface area contributed by atoms with Crippen LogP contribution in [0.3, 0.4) is 0 Å². The van der Waals surface area contributed by atoms with Gasteiger partial charge in [0.1, 0.15) is 5.54 Å². The lowest BCUT2D eigenvalue weighted by Crippen LogP contribution is -2.41. The minimum absolute atomic E-state index is 0.190. The standard InChI is InChI=1S/C14H17BrN2O2/c1-9(2)8-17-12(18)14(3,16-13(17)19)10-5-4-6-11(15)7-10/h4-7,9H,8H2,1-3H3,(H,16,19)/t14-/m0/s1. The smallest absolute Gasteiger partial charge is 0.319 e. The van der Waals surface area contributed by atoms with Crippen molar-refractivity contribution in [3.63, 3.8) is 0 Å².